The normalized spacial score (nSPS) is 13.7. The van der Waals surface area contributed by atoms with E-state index in [2.05, 4.69) is 12.1 Å². The van der Waals surface area contributed by atoms with E-state index in [9.17, 15) is 5.11 Å². The lowest BCUT2D eigenvalue weighted by Crippen LogP contribution is -2.38. The van der Waals surface area contributed by atoms with E-state index < -0.39 is 6.10 Å². The van der Waals surface area contributed by atoms with Crippen LogP contribution < -0.4 is 0 Å². The summed E-state index contributed by atoms with van der Waals surface area (Å²) in [4.78, 5) is 1.82. The number of rotatable bonds is 11. The van der Waals surface area contributed by atoms with Crippen molar-refractivity contribution in [1.29, 1.82) is 0 Å². The minimum Gasteiger partial charge on any atom is -0.395 e. The van der Waals surface area contributed by atoms with Gasteiger partial charge in [0.25, 0.3) is 0 Å². The average molecular weight is 359 g/mol. The Kier molecular flexibility index (Phi) is 8.74. The molecule has 5 heteroatoms. The second-order valence-corrected chi connectivity index (χ2v) is 6.44. The monoisotopic (exact) mass is 359 g/mol. The van der Waals surface area contributed by atoms with Gasteiger partial charge in [-0.3, -0.25) is 4.90 Å². The first-order valence-electron chi connectivity index (χ1n) is 8.99. The fourth-order valence-corrected chi connectivity index (χ4v) is 2.89. The highest BCUT2D eigenvalue weighted by Crippen LogP contribution is 2.26. The molecule has 142 valence electrons. The molecule has 26 heavy (non-hydrogen) atoms. The predicted octanol–water partition coefficient (Wildman–Crippen LogP) is 1.75. The van der Waals surface area contributed by atoms with E-state index in [1.165, 1.54) is 5.56 Å². The molecule has 0 saturated carbocycles. The topological polar surface area (TPSA) is 73.2 Å². The van der Waals surface area contributed by atoms with Gasteiger partial charge in [-0.15, -0.1) is 0 Å². The summed E-state index contributed by atoms with van der Waals surface area (Å²) < 4.78 is 6.07. The van der Waals surface area contributed by atoms with Gasteiger partial charge >= 0.3 is 0 Å². The lowest BCUT2D eigenvalue weighted by molar-refractivity contribution is -0.0117. The van der Waals surface area contributed by atoms with Crippen LogP contribution >= 0.6 is 0 Å². The number of aliphatic hydroxyl groups is 3. The Balaban J connectivity index is 2.04. The van der Waals surface area contributed by atoms with Gasteiger partial charge in [-0.05, 0) is 18.1 Å². The molecule has 0 radical (unpaired) electrons. The van der Waals surface area contributed by atoms with Crippen LogP contribution in [0.2, 0.25) is 0 Å². The van der Waals surface area contributed by atoms with Crippen molar-refractivity contribution in [3.8, 4) is 0 Å². The van der Waals surface area contributed by atoms with Crippen molar-refractivity contribution in [2.24, 2.45) is 0 Å². The van der Waals surface area contributed by atoms with Crippen LogP contribution in [-0.2, 0) is 4.74 Å². The highest BCUT2D eigenvalue weighted by Gasteiger charge is 2.18. The SMILES string of the molecule is Cc1ccc(C(OCC(O)CN(CCO)CCO)c2ccccc2)cc1. The summed E-state index contributed by atoms with van der Waals surface area (Å²) >= 11 is 0. The lowest BCUT2D eigenvalue weighted by atomic mass is 10.0. The van der Waals surface area contributed by atoms with E-state index in [4.69, 9.17) is 14.9 Å². The molecule has 2 atom stereocenters. The first kappa shape index (κ1) is 20.6. The quantitative estimate of drug-likeness (QED) is 0.570. The third kappa shape index (κ3) is 6.52. The zero-order valence-electron chi connectivity index (χ0n) is 15.3. The third-order valence-corrected chi connectivity index (χ3v) is 4.24. The summed E-state index contributed by atoms with van der Waals surface area (Å²) in [6.07, 6.45) is -0.958. The molecule has 0 saturated heterocycles. The molecule has 2 aromatic rings. The molecule has 0 heterocycles. The van der Waals surface area contributed by atoms with Crippen molar-refractivity contribution in [3.05, 3.63) is 71.3 Å². The van der Waals surface area contributed by atoms with Gasteiger partial charge < -0.3 is 20.1 Å². The number of aryl methyl sites for hydroxylation is 1. The number of hydrogen-bond acceptors (Lipinski definition) is 5. The fourth-order valence-electron chi connectivity index (χ4n) is 2.89. The van der Waals surface area contributed by atoms with Crippen LogP contribution in [0.25, 0.3) is 0 Å². The summed E-state index contributed by atoms with van der Waals surface area (Å²) in [5, 5.41) is 28.5. The van der Waals surface area contributed by atoms with Crippen molar-refractivity contribution in [1.82, 2.24) is 4.90 Å². The average Bonchev–Trinajstić information content (AvgIpc) is 2.64. The standard InChI is InChI=1S/C21H29NO4/c1-17-7-9-19(10-8-17)21(18-5-3-2-4-6-18)26-16-20(25)15-22(11-13-23)12-14-24/h2-10,20-21,23-25H,11-16H2,1H3. The van der Waals surface area contributed by atoms with Gasteiger partial charge in [-0.25, -0.2) is 0 Å². The lowest BCUT2D eigenvalue weighted by Gasteiger charge is -2.25. The fraction of sp³-hybridized carbons (Fsp3) is 0.429. The van der Waals surface area contributed by atoms with Gasteiger partial charge in [0.05, 0.1) is 25.9 Å². The zero-order valence-corrected chi connectivity index (χ0v) is 15.3. The molecule has 3 N–H and O–H groups in total. The highest BCUT2D eigenvalue weighted by atomic mass is 16.5. The van der Waals surface area contributed by atoms with Crippen LogP contribution in [-0.4, -0.2) is 65.8 Å². The van der Waals surface area contributed by atoms with E-state index >= 15 is 0 Å². The predicted molar refractivity (Wildman–Crippen MR) is 102 cm³/mol. The zero-order chi connectivity index (χ0) is 18.8. The van der Waals surface area contributed by atoms with Gasteiger partial charge in [-0.1, -0.05) is 60.2 Å². The number of hydrogen-bond donors (Lipinski definition) is 3. The minimum absolute atomic E-state index is 0.0103. The van der Waals surface area contributed by atoms with Crippen LogP contribution in [0.3, 0.4) is 0 Å². The molecule has 0 aliphatic heterocycles. The molecule has 2 aromatic carbocycles. The molecule has 5 nitrogen and oxygen atoms in total. The van der Waals surface area contributed by atoms with Gasteiger partial charge in [-0.2, -0.15) is 0 Å². The van der Waals surface area contributed by atoms with Crippen LogP contribution in [0.1, 0.15) is 22.8 Å². The van der Waals surface area contributed by atoms with Gasteiger partial charge in [0.2, 0.25) is 0 Å². The molecule has 2 rings (SSSR count). The highest BCUT2D eigenvalue weighted by molar-refractivity contribution is 5.31. The number of benzene rings is 2. The minimum atomic E-state index is -0.704. The van der Waals surface area contributed by atoms with Gasteiger partial charge in [0.15, 0.2) is 0 Å². The Morgan fingerprint density at radius 2 is 1.46 bits per heavy atom. The molecule has 0 aromatic heterocycles. The van der Waals surface area contributed by atoms with Crippen LogP contribution in [0.5, 0.6) is 0 Å². The van der Waals surface area contributed by atoms with Gasteiger partial charge in [0.1, 0.15) is 6.10 Å². The van der Waals surface area contributed by atoms with Crippen molar-refractivity contribution in [2.45, 2.75) is 19.1 Å². The van der Waals surface area contributed by atoms with E-state index in [1.54, 1.807) is 0 Å². The molecule has 0 spiro atoms. The molecule has 2 unspecified atom stereocenters. The molecule has 0 aliphatic rings. The first-order valence-corrected chi connectivity index (χ1v) is 8.99. The summed E-state index contributed by atoms with van der Waals surface area (Å²) in [5.74, 6) is 0. The molecule has 0 amide bonds. The van der Waals surface area contributed by atoms with E-state index in [0.29, 0.717) is 19.6 Å². The van der Waals surface area contributed by atoms with Crippen molar-refractivity contribution < 1.29 is 20.1 Å². The smallest absolute Gasteiger partial charge is 0.108 e. The first-order chi connectivity index (χ1) is 12.6. The molecular weight excluding hydrogens is 330 g/mol. The van der Waals surface area contributed by atoms with E-state index in [-0.39, 0.29) is 25.9 Å². The Morgan fingerprint density at radius 3 is 2.04 bits per heavy atom. The molecule has 0 bridgehead atoms. The largest absolute Gasteiger partial charge is 0.395 e. The maximum atomic E-state index is 10.3. The molecular formula is C21H29NO4. The summed E-state index contributed by atoms with van der Waals surface area (Å²) in [5.41, 5.74) is 3.26. The van der Waals surface area contributed by atoms with E-state index in [1.807, 2.05) is 54.3 Å². The third-order valence-electron chi connectivity index (χ3n) is 4.24. The number of ether oxygens (including phenoxy) is 1. The molecule has 0 aliphatic carbocycles. The van der Waals surface area contributed by atoms with Crippen molar-refractivity contribution in [2.75, 3.05) is 39.5 Å². The summed E-state index contributed by atoms with van der Waals surface area (Å²) in [6.45, 7) is 3.36. The van der Waals surface area contributed by atoms with Crippen molar-refractivity contribution in [3.63, 3.8) is 0 Å². The van der Waals surface area contributed by atoms with Crippen LogP contribution in [0.4, 0.5) is 0 Å². The Morgan fingerprint density at radius 1 is 0.885 bits per heavy atom. The number of nitrogens with zero attached hydrogens (tertiary/aromatic N) is 1. The maximum Gasteiger partial charge on any atom is 0.108 e. The number of aliphatic hydroxyl groups excluding tert-OH is 3. The maximum absolute atomic E-state index is 10.3. The second kappa shape index (κ2) is 11.1. The van der Waals surface area contributed by atoms with Crippen LogP contribution in [0, 0.1) is 6.92 Å². The van der Waals surface area contributed by atoms with Crippen molar-refractivity contribution >= 4 is 0 Å². The Hall–Kier alpha value is -1.76. The molecule has 0 fully saturated rings. The second-order valence-electron chi connectivity index (χ2n) is 6.44. The van der Waals surface area contributed by atoms with Gasteiger partial charge in [0, 0.05) is 19.6 Å². The Labute approximate surface area is 155 Å². The Bertz CT molecular complexity index is 612. The summed E-state index contributed by atoms with van der Waals surface area (Å²) in [6, 6.07) is 18.1. The van der Waals surface area contributed by atoms with E-state index in [0.717, 1.165) is 11.1 Å². The van der Waals surface area contributed by atoms with Crippen LogP contribution in [0.15, 0.2) is 54.6 Å². The summed E-state index contributed by atoms with van der Waals surface area (Å²) in [7, 11) is 0.